The van der Waals surface area contributed by atoms with Gasteiger partial charge in [0, 0.05) is 25.1 Å². The number of benzene rings is 2. The maximum atomic E-state index is 13.0. The van der Waals surface area contributed by atoms with Gasteiger partial charge in [0.1, 0.15) is 11.5 Å². The van der Waals surface area contributed by atoms with Gasteiger partial charge in [0.2, 0.25) is 5.91 Å². The summed E-state index contributed by atoms with van der Waals surface area (Å²) < 4.78 is 18.4. The standard InChI is InChI=1S/C21H22FN3O3/c1-2-28-14-16-4-3-5-18(12-16)23-21(27)19-10-11-20(26)25(24-19)13-15-6-8-17(22)9-7-15/h3-9,12H,2,10-11,13-14H2,1H3,(H,23,27). The Hall–Kier alpha value is -3.06. The molecule has 1 N–H and O–H groups in total. The van der Waals surface area contributed by atoms with Gasteiger partial charge in [-0.25, -0.2) is 9.40 Å². The first-order valence-corrected chi connectivity index (χ1v) is 9.15. The van der Waals surface area contributed by atoms with Crippen LogP contribution in [0, 0.1) is 5.82 Å². The lowest BCUT2D eigenvalue weighted by molar-refractivity contribution is -0.132. The van der Waals surface area contributed by atoms with Crippen molar-refractivity contribution in [1.82, 2.24) is 5.01 Å². The predicted octanol–water partition coefficient (Wildman–Crippen LogP) is 3.48. The van der Waals surface area contributed by atoms with Gasteiger partial charge >= 0.3 is 0 Å². The van der Waals surface area contributed by atoms with Gasteiger partial charge in [0.15, 0.2) is 0 Å². The lowest BCUT2D eigenvalue weighted by atomic mass is 10.1. The number of hydrogen-bond acceptors (Lipinski definition) is 4. The third-order valence-electron chi connectivity index (χ3n) is 4.27. The summed E-state index contributed by atoms with van der Waals surface area (Å²) in [5.41, 5.74) is 2.63. The number of nitrogens with zero attached hydrogens (tertiary/aromatic N) is 2. The van der Waals surface area contributed by atoms with Crippen LogP contribution in [0.15, 0.2) is 53.6 Å². The Morgan fingerprint density at radius 2 is 1.96 bits per heavy atom. The fourth-order valence-electron chi connectivity index (χ4n) is 2.81. The Kier molecular flexibility index (Phi) is 6.49. The van der Waals surface area contributed by atoms with E-state index in [2.05, 4.69) is 10.4 Å². The summed E-state index contributed by atoms with van der Waals surface area (Å²) >= 11 is 0. The summed E-state index contributed by atoms with van der Waals surface area (Å²) in [6, 6.07) is 13.2. The number of hydrogen-bond donors (Lipinski definition) is 1. The van der Waals surface area contributed by atoms with Crippen molar-refractivity contribution in [3.05, 3.63) is 65.5 Å². The van der Waals surface area contributed by atoms with Crippen molar-refractivity contribution in [3.8, 4) is 0 Å². The van der Waals surface area contributed by atoms with Gasteiger partial charge in [-0.3, -0.25) is 9.59 Å². The minimum atomic E-state index is -0.344. The molecule has 2 amide bonds. The molecule has 0 radical (unpaired) electrons. The molecule has 2 aromatic carbocycles. The number of anilines is 1. The molecule has 0 saturated carbocycles. The molecule has 6 nitrogen and oxygen atoms in total. The normalized spacial score (nSPS) is 14.0. The summed E-state index contributed by atoms with van der Waals surface area (Å²) in [5.74, 6) is -0.853. The zero-order chi connectivity index (χ0) is 19.9. The zero-order valence-electron chi connectivity index (χ0n) is 15.7. The number of halogens is 1. The fourth-order valence-corrected chi connectivity index (χ4v) is 2.81. The molecule has 2 aromatic rings. The first kappa shape index (κ1) is 19.7. The number of carbonyl (C=O) groups is 2. The minimum Gasteiger partial charge on any atom is -0.377 e. The summed E-state index contributed by atoms with van der Waals surface area (Å²) in [6.45, 7) is 3.21. The summed E-state index contributed by atoms with van der Waals surface area (Å²) in [6.07, 6.45) is 0.487. The first-order valence-electron chi connectivity index (χ1n) is 9.15. The predicted molar refractivity (Wildman–Crippen MR) is 104 cm³/mol. The molecule has 0 atom stereocenters. The van der Waals surface area contributed by atoms with Crippen molar-refractivity contribution in [2.24, 2.45) is 5.10 Å². The summed E-state index contributed by atoms with van der Waals surface area (Å²) in [7, 11) is 0. The number of amides is 2. The van der Waals surface area contributed by atoms with Crippen LogP contribution >= 0.6 is 0 Å². The maximum absolute atomic E-state index is 13.0. The van der Waals surface area contributed by atoms with E-state index in [1.54, 1.807) is 18.2 Å². The molecule has 0 aliphatic carbocycles. The molecule has 3 rings (SSSR count). The SMILES string of the molecule is CCOCc1cccc(NC(=O)C2=NN(Cc3ccc(F)cc3)C(=O)CC2)c1. The molecule has 0 aromatic heterocycles. The van der Waals surface area contributed by atoms with Crippen molar-refractivity contribution >= 4 is 23.2 Å². The highest BCUT2D eigenvalue weighted by atomic mass is 19.1. The van der Waals surface area contributed by atoms with Gasteiger partial charge in [-0.05, 0) is 42.3 Å². The molecule has 28 heavy (non-hydrogen) atoms. The molecule has 7 heteroatoms. The Bertz CT molecular complexity index is 881. The third kappa shape index (κ3) is 5.23. The monoisotopic (exact) mass is 383 g/mol. The van der Waals surface area contributed by atoms with Gasteiger partial charge < -0.3 is 10.1 Å². The van der Waals surface area contributed by atoms with Crippen LogP contribution in [0.1, 0.15) is 30.9 Å². The van der Waals surface area contributed by atoms with E-state index in [-0.39, 0.29) is 42.7 Å². The molecule has 1 aliphatic rings. The number of hydrazone groups is 1. The van der Waals surface area contributed by atoms with E-state index < -0.39 is 0 Å². The van der Waals surface area contributed by atoms with E-state index in [1.807, 2.05) is 25.1 Å². The lowest BCUT2D eigenvalue weighted by Gasteiger charge is -2.23. The van der Waals surface area contributed by atoms with Gasteiger partial charge in [-0.2, -0.15) is 5.10 Å². The van der Waals surface area contributed by atoms with Gasteiger partial charge in [0.05, 0.1) is 13.2 Å². The van der Waals surface area contributed by atoms with Crippen LogP contribution in [0.25, 0.3) is 0 Å². The second-order valence-corrected chi connectivity index (χ2v) is 6.42. The van der Waals surface area contributed by atoms with Crippen LogP contribution in [0.3, 0.4) is 0 Å². The van der Waals surface area contributed by atoms with Crippen molar-refractivity contribution in [3.63, 3.8) is 0 Å². The highest BCUT2D eigenvalue weighted by molar-refractivity contribution is 6.43. The second kappa shape index (κ2) is 9.23. The molecular formula is C21H22FN3O3. The average Bonchev–Trinajstić information content (AvgIpc) is 2.70. The summed E-state index contributed by atoms with van der Waals surface area (Å²) in [4.78, 5) is 24.7. The van der Waals surface area contributed by atoms with Crippen LogP contribution in [0.2, 0.25) is 0 Å². The minimum absolute atomic E-state index is 0.167. The van der Waals surface area contributed by atoms with E-state index in [1.165, 1.54) is 17.1 Å². The van der Waals surface area contributed by atoms with Crippen molar-refractivity contribution in [1.29, 1.82) is 0 Å². The van der Waals surface area contributed by atoms with E-state index in [0.29, 0.717) is 18.9 Å². The summed E-state index contributed by atoms with van der Waals surface area (Å²) in [5, 5.41) is 8.30. The molecular weight excluding hydrogens is 361 g/mol. The Balaban J connectivity index is 1.68. The van der Waals surface area contributed by atoms with Gasteiger partial charge in [0.25, 0.3) is 5.91 Å². The topological polar surface area (TPSA) is 71.0 Å². The van der Waals surface area contributed by atoms with Crippen molar-refractivity contribution in [2.45, 2.75) is 32.9 Å². The van der Waals surface area contributed by atoms with Gasteiger partial charge in [-0.15, -0.1) is 0 Å². The smallest absolute Gasteiger partial charge is 0.271 e. The maximum Gasteiger partial charge on any atom is 0.271 e. The van der Waals surface area contributed by atoms with Crippen LogP contribution in [0.4, 0.5) is 10.1 Å². The molecule has 0 bridgehead atoms. The second-order valence-electron chi connectivity index (χ2n) is 6.42. The Morgan fingerprint density at radius 3 is 2.71 bits per heavy atom. The molecule has 1 aliphatic heterocycles. The fraction of sp³-hybridized carbons (Fsp3) is 0.286. The quantitative estimate of drug-likeness (QED) is 0.796. The van der Waals surface area contributed by atoms with Crippen LogP contribution in [0.5, 0.6) is 0 Å². The number of ether oxygens (including phenoxy) is 1. The third-order valence-corrected chi connectivity index (χ3v) is 4.27. The van der Waals surface area contributed by atoms with E-state index >= 15 is 0 Å². The van der Waals surface area contributed by atoms with Crippen LogP contribution in [-0.4, -0.2) is 29.1 Å². The molecule has 0 unspecified atom stereocenters. The first-order chi connectivity index (χ1) is 13.5. The highest BCUT2D eigenvalue weighted by Gasteiger charge is 2.24. The largest absolute Gasteiger partial charge is 0.377 e. The van der Waals surface area contributed by atoms with Crippen molar-refractivity contribution in [2.75, 3.05) is 11.9 Å². The Labute approximate surface area is 163 Å². The molecule has 0 spiro atoms. The molecule has 0 saturated heterocycles. The zero-order valence-corrected chi connectivity index (χ0v) is 15.7. The number of nitrogens with one attached hydrogen (secondary N) is 1. The van der Waals surface area contributed by atoms with Crippen LogP contribution < -0.4 is 5.32 Å². The molecule has 1 heterocycles. The number of rotatable bonds is 7. The van der Waals surface area contributed by atoms with Crippen molar-refractivity contribution < 1.29 is 18.7 Å². The van der Waals surface area contributed by atoms with E-state index in [0.717, 1.165) is 11.1 Å². The molecule has 146 valence electrons. The Morgan fingerprint density at radius 1 is 1.18 bits per heavy atom. The van der Waals surface area contributed by atoms with E-state index in [9.17, 15) is 14.0 Å². The van der Waals surface area contributed by atoms with Crippen LogP contribution in [-0.2, 0) is 27.5 Å². The lowest BCUT2D eigenvalue weighted by Crippen LogP contribution is -2.36. The molecule has 0 fully saturated rings. The van der Waals surface area contributed by atoms with Gasteiger partial charge in [-0.1, -0.05) is 24.3 Å². The average molecular weight is 383 g/mol. The highest BCUT2D eigenvalue weighted by Crippen LogP contribution is 2.16. The number of carbonyl (C=O) groups excluding carboxylic acids is 2. The van der Waals surface area contributed by atoms with E-state index in [4.69, 9.17) is 4.74 Å².